The number of hydrogen-bond acceptors (Lipinski definition) is 9. The van der Waals surface area contributed by atoms with Gasteiger partial charge in [0.2, 0.25) is 5.01 Å². The Labute approximate surface area is 204 Å². The predicted molar refractivity (Wildman–Crippen MR) is 130 cm³/mol. The molecular weight excluding hydrogens is 472 g/mol. The highest BCUT2D eigenvalue weighted by Gasteiger charge is 2.17. The lowest BCUT2D eigenvalue weighted by Crippen LogP contribution is -2.11. The van der Waals surface area contributed by atoms with Gasteiger partial charge in [-0.25, -0.2) is 0 Å². The summed E-state index contributed by atoms with van der Waals surface area (Å²) in [6, 6.07) is 18.4. The van der Waals surface area contributed by atoms with Gasteiger partial charge in [0, 0.05) is 23.4 Å². The smallest absolute Gasteiger partial charge is 0.286 e. The molecule has 0 unspecified atom stereocenters. The highest BCUT2D eigenvalue weighted by molar-refractivity contribution is 7.13. The summed E-state index contributed by atoms with van der Waals surface area (Å²) in [5, 5.41) is 22.7. The van der Waals surface area contributed by atoms with Crippen LogP contribution in [0.3, 0.4) is 0 Å². The van der Waals surface area contributed by atoms with Gasteiger partial charge in [0.15, 0.2) is 5.01 Å². The largest absolute Gasteiger partial charge is 0.497 e. The summed E-state index contributed by atoms with van der Waals surface area (Å²) in [6.45, 7) is 0.0362. The van der Waals surface area contributed by atoms with Crippen molar-refractivity contribution in [1.29, 1.82) is 0 Å². The highest BCUT2D eigenvalue weighted by Crippen LogP contribution is 2.35. The minimum atomic E-state index is -0.463. The fourth-order valence-electron chi connectivity index (χ4n) is 3.16. The Morgan fingerprint density at radius 2 is 1.63 bits per heavy atom. The standard InChI is InChI=1S/C24H20N4O6S/c1-32-18-8-3-15(4-9-18)20-13-17(28(30)31)7-12-21(20)34-14-22-26-27-24(35-22)23(29)25-16-5-10-19(33-2)11-6-16/h3-13H,14H2,1-2H3,(H,25,29). The van der Waals surface area contributed by atoms with Crippen LogP contribution >= 0.6 is 11.3 Å². The maximum atomic E-state index is 12.5. The fraction of sp³-hybridized carbons (Fsp3) is 0.125. The molecule has 0 saturated carbocycles. The van der Waals surface area contributed by atoms with Gasteiger partial charge in [-0.3, -0.25) is 14.9 Å². The SMILES string of the molecule is COc1ccc(NC(=O)c2nnc(COc3ccc([N+](=O)[O-])cc3-c3ccc(OC)cc3)s2)cc1. The van der Waals surface area contributed by atoms with Crippen molar-refractivity contribution in [2.75, 3.05) is 19.5 Å². The summed E-state index contributed by atoms with van der Waals surface area (Å²) in [7, 11) is 3.12. The van der Waals surface area contributed by atoms with Crippen molar-refractivity contribution in [3.05, 3.63) is 86.9 Å². The monoisotopic (exact) mass is 492 g/mol. The maximum absolute atomic E-state index is 12.5. The number of amides is 1. The molecule has 0 aliphatic heterocycles. The number of non-ortho nitro benzene ring substituents is 1. The number of hydrogen-bond donors (Lipinski definition) is 1. The highest BCUT2D eigenvalue weighted by atomic mass is 32.1. The quantitative estimate of drug-likeness (QED) is 0.257. The lowest BCUT2D eigenvalue weighted by Gasteiger charge is -2.11. The molecule has 0 bridgehead atoms. The average molecular weight is 493 g/mol. The summed E-state index contributed by atoms with van der Waals surface area (Å²) >= 11 is 1.09. The van der Waals surface area contributed by atoms with Gasteiger partial charge in [-0.1, -0.05) is 23.5 Å². The van der Waals surface area contributed by atoms with Gasteiger partial charge < -0.3 is 19.5 Å². The van der Waals surface area contributed by atoms with Crippen LogP contribution in [0.4, 0.5) is 11.4 Å². The minimum absolute atomic E-state index is 0.0362. The Morgan fingerprint density at radius 1 is 0.971 bits per heavy atom. The lowest BCUT2D eigenvalue weighted by molar-refractivity contribution is -0.384. The summed E-state index contributed by atoms with van der Waals surface area (Å²) in [5.41, 5.74) is 1.81. The van der Waals surface area contributed by atoms with Crippen LogP contribution in [0.15, 0.2) is 66.7 Å². The molecule has 0 aliphatic carbocycles. The zero-order valence-corrected chi connectivity index (χ0v) is 19.6. The van der Waals surface area contributed by atoms with E-state index in [0.717, 1.165) is 16.9 Å². The molecule has 1 aromatic heterocycles. The Hall–Kier alpha value is -4.51. The molecule has 1 heterocycles. The van der Waals surface area contributed by atoms with Crippen LogP contribution in [0.5, 0.6) is 17.2 Å². The van der Waals surface area contributed by atoms with Crippen molar-refractivity contribution in [3.8, 4) is 28.4 Å². The summed E-state index contributed by atoms with van der Waals surface area (Å²) in [6.07, 6.45) is 0. The normalized spacial score (nSPS) is 10.5. The summed E-state index contributed by atoms with van der Waals surface area (Å²) in [4.78, 5) is 23.3. The number of nitro benzene ring substituents is 1. The van der Waals surface area contributed by atoms with Crippen LogP contribution in [0, 0.1) is 10.1 Å². The van der Waals surface area contributed by atoms with Gasteiger partial charge in [-0.15, -0.1) is 10.2 Å². The number of carbonyl (C=O) groups is 1. The zero-order chi connectivity index (χ0) is 24.8. The zero-order valence-electron chi connectivity index (χ0n) is 18.8. The van der Waals surface area contributed by atoms with E-state index in [9.17, 15) is 14.9 Å². The average Bonchev–Trinajstić information content (AvgIpc) is 3.37. The first-order valence-corrected chi connectivity index (χ1v) is 11.1. The molecule has 0 fully saturated rings. The van der Waals surface area contributed by atoms with Crippen LogP contribution in [-0.2, 0) is 6.61 Å². The van der Waals surface area contributed by atoms with E-state index in [1.165, 1.54) is 18.2 Å². The molecule has 0 radical (unpaired) electrons. The Bertz CT molecular complexity index is 1340. The van der Waals surface area contributed by atoms with Gasteiger partial charge in [-0.05, 0) is 48.0 Å². The van der Waals surface area contributed by atoms with E-state index in [-0.39, 0.29) is 17.3 Å². The van der Waals surface area contributed by atoms with Crippen molar-refractivity contribution in [3.63, 3.8) is 0 Å². The number of benzene rings is 3. The number of anilines is 1. The molecule has 11 heteroatoms. The topological polar surface area (TPSA) is 126 Å². The van der Waals surface area contributed by atoms with Gasteiger partial charge in [0.1, 0.15) is 23.9 Å². The van der Waals surface area contributed by atoms with Crippen molar-refractivity contribution in [2.45, 2.75) is 6.61 Å². The molecule has 1 amide bonds. The first-order chi connectivity index (χ1) is 17.0. The van der Waals surface area contributed by atoms with E-state index >= 15 is 0 Å². The Balaban J connectivity index is 1.48. The molecule has 3 aromatic carbocycles. The molecular formula is C24H20N4O6S. The van der Waals surface area contributed by atoms with Crippen LogP contribution < -0.4 is 19.5 Å². The van der Waals surface area contributed by atoms with Crippen molar-refractivity contribution < 1.29 is 23.9 Å². The number of ether oxygens (including phenoxy) is 3. The molecule has 1 N–H and O–H groups in total. The number of nitrogens with one attached hydrogen (secondary N) is 1. The molecule has 10 nitrogen and oxygen atoms in total. The predicted octanol–water partition coefficient (Wildman–Crippen LogP) is 4.96. The van der Waals surface area contributed by atoms with Crippen molar-refractivity contribution >= 4 is 28.6 Å². The number of aromatic nitrogens is 2. The minimum Gasteiger partial charge on any atom is -0.497 e. The number of methoxy groups -OCH3 is 2. The van der Waals surface area contributed by atoms with E-state index in [1.54, 1.807) is 62.8 Å². The molecule has 4 aromatic rings. The molecule has 0 aliphatic rings. The van der Waals surface area contributed by atoms with Crippen LogP contribution in [0.25, 0.3) is 11.1 Å². The second kappa shape index (κ2) is 10.6. The first-order valence-electron chi connectivity index (χ1n) is 10.3. The molecule has 0 saturated heterocycles. The fourth-order valence-corrected chi connectivity index (χ4v) is 3.80. The van der Waals surface area contributed by atoms with Crippen LogP contribution in [0.2, 0.25) is 0 Å². The maximum Gasteiger partial charge on any atom is 0.286 e. The van der Waals surface area contributed by atoms with E-state index < -0.39 is 10.8 Å². The second-order valence-corrected chi connectivity index (χ2v) is 8.20. The van der Waals surface area contributed by atoms with Gasteiger partial charge in [0.05, 0.1) is 19.1 Å². The molecule has 0 atom stereocenters. The molecule has 35 heavy (non-hydrogen) atoms. The van der Waals surface area contributed by atoms with Crippen LogP contribution in [-0.4, -0.2) is 35.2 Å². The van der Waals surface area contributed by atoms with Crippen molar-refractivity contribution in [1.82, 2.24) is 10.2 Å². The Kier molecular flexibility index (Phi) is 7.17. The third kappa shape index (κ3) is 5.71. The molecule has 4 rings (SSSR count). The summed E-state index contributed by atoms with van der Waals surface area (Å²) < 4.78 is 16.2. The lowest BCUT2D eigenvalue weighted by atomic mass is 10.0. The third-order valence-corrected chi connectivity index (χ3v) is 5.83. The van der Waals surface area contributed by atoms with Crippen LogP contribution in [0.1, 0.15) is 14.8 Å². The Morgan fingerprint density at radius 3 is 2.26 bits per heavy atom. The number of rotatable bonds is 9. The van der Waals surface area contributed by atoms with Crippen molar-refractivity contribution in [2.24, 2.45) is 0 Å². The number of nitrogens with zero attached hydrogens (tertiary/aromatic N) is 3. The van der Waals surface area contributed by atoms with E-state index in [2.05, 4.69) is 15.5 Å². The van der Waals surface area contributed by atoms with E-state index in [0.29, 0.717) is 33.5 Å². The molecule has 0 spiro atoms. The second-order valence-electron chi connectivity index (χ2n) is 7.14. The van der Waals surface area contributed by atoms with E-state index in [1.807, 2.05) is 0 Å². The van der Waals surface area contributed by atoms with Gasteiger partial charge in [-0.2, -0.15) is 0 Å². The number of nitro groups is 1. The number of carbonyl (C=O) groups excluding carboxylic acids is 1. The first kappa shape index (κ1) is 23.6. The van der Waals surface area contributed by atoms with Gasteiger partial charge in [0.25, 0.3) is 11.6 Å². The van der Waals surface area contributed by atoms with E-state index in [4.69, 9.17) is 14.2 Å². The van der Waals surface area contributed by atoms with Gasteiger partial charge >= 0.3 is 0 Å². The third-order valence-electron chi connectivity index (χ3n) is 4.94. The molecule has 178 valence electrons. The summed E-state index contributed by atoms with van der Waals surface area (Å²) in [5.74, 6) is 1.38.